The molecule has 3 atom stereocenters. The summed E-state index contributed by atoms with van der Waals surface area (Å²) in [6.45, 7) is 8.33. The summed E-state index contributed by atoms with van der Waals surface area (Å²) in [6, 6.07) is 0. The number of ether oxygens (including phenoxy) is 3. The largest absolute Gasteiger partial charge is 0.456 e. The predicted molar refractivity (Wildman–Crippen MR) is 113 cm³/mol. The van der Waals surface area contributed by atoms with Crippen LogP contribution in [0.4, 0.5) is 0 Å². The highest BCUT2D eigenvalue weighted by Crippen LogP contribution is 2.27. The third kappa shape index (κ3) is 8.75. The van der Waals surface area contributed by atoms with Gasteiger partial charge in [-0.2, -0.15) is 0 Å². The molecule has 29 heavy (non-hydrogen) atoms. The summed E-state index contributed by atoms with van der Waals surface area (Å²) in [4.78, 5) is 24.2. The molecule has 0 aromatic heterocycles. The molecule has 0 radical (unpaired) electrons. The van der Waals surface area contributed by atoms with Crippen LogP contribution in [0.1, 0.15) is 46.0 Å². The number of carbonyl (C=O) groups excluding carboxylic acids is 2. The van der Waals surface area contributed by atoms with Crippen LogP contribution in [0.3, 0.4) is 0 Å². The van der Waals surface area contributed by atoms with Gasteiger partial charge in [-0.15, -0.1) is 0 Å². The molecule has 0 amide bonds. The Bertz CT molecular complexity index is 726. The SMILES string of the molecule is C=C1C[C@H]2C/C=C/C(=O)C/C(C)=C/C=C/C(=O)OC(COC)C/C(C)=C/[C@@H](C1)O2. The monoisotopic (exact) mass is 400 g/mol. The molecule has 2 rings (SSSR count). The summed E-state index contributed by atoms with van der Waals surface area (Å²) in [5, 5.41) is 0. The van der Waals surface area contributed by atoms with Crippen LogP contribution in [-0.2, 0) is 23.8 Å². The highest BCUT2D eigenvalue weighted by Gasteiger charge is 2.23. The van der Waals surface area contributed by atoms with Crippen LogP contribution in [0, 0.1) is 0 Å². The zero-order chi connectivity index (χ0) is 21.2. The van der Waals surface area contributed by atoms with Crippen molar-refractivity contribution < 1.29 is 23.8 Å². The minimum atomic E-state index is -0.432. The molecule has 0 saturated carbocycles. The van der Waals surface area contributed by atoms with Crippen LogP contribution >= 0.6 is 0 Å². The van der Waals surface area contributed by atoms with Crippen molar-refractivity contribution in [3.8, 4) is 0 Å². The summed E-state index contributed by atoms with van der Waals surface area (Å²) >= 11 is 0. The van der Waals surface area contributed by atoms with Crippen molar-refractivity contribution in [1.29, 1.82) is 0 Å². The van der Waals surface area contributed by atoms with Crippen molar-refractivity contribution in [3.05, 3.63) is 59.8 Å². The van der Waals surface area contributed by atoms with Gasteiger partial charge in [-0.1, -0.05) is 47.6 Å². The van der Waals surface area contributed by atoms with E-state index in [2.05, 4.69) is 12.7 Å². The van der Waals surface area contributed by atoms with Gasteiger partial charge < -0.3 is 14.2 Å². The molecule has 1 saturated heterocycles. The maximum atomic E-state index is 12.1. The topological polar surface area (TPSA) is 61.8 Å². The molecule has 1 fully saturated rings. The fraction of sp³-hybridized carbons (Fsp3) is 0.500. The normalized spacial score (nSPS) is 33.3. The third-order valence-electron chi connectivity index (χ3n) is 4.80. The van der Waals surface area contributed by atoms with Crippen molar-refractivity contribution >= 4 is 11.8 Å². The second-order valence-electron chi connectivity index (χ2n) is 7.84. The highest BCUT2D eigenvalue weighted by molar-refractivity contribution is 5.91. The lowest BCUT2D eigenvalue weighted by Gasteiger charge is -2.30. The molecule has 0 N–H and O–H groups in total. The molecule has 0 aromatic carbocycles. The van der Waals surface area contributed by atoms with E-state index < -0.39 is 5.97 Å². The van der Waals surface area contributed by atoms with Gasteiger partial charge in [0.05, 0.1) is 18.8 Å². The van der Waals surface area contributed by atoms with Crippen LogP contribution in [0.5, 0.6) is 0 Å². The lowest BCUT2D eigenvalue weighted by Crippen LogP contribution is -2.28. The van der Waals surface area contributed by atoms with Crippen molar-refractivity contribution in [2.45, 2.75) is 64.3 Å². The van der Waals surface area contributed by atoms with Gasteiger partial charge in [-0.05, 0) is 39.2 Å². The summed E-state index contributed by atoms with van der Waals surface area (Å²) in [5.41, 5.74) is 3.09. The fourth-order valence-corrected chi connectivity index (χ4v) is 3.57. The average molecular weight is 401 g/mol. The van der Waals surface area contributed by atoms with E-state index in [1.165, 1.54) is 6.08 Å². The first kappa shape index (κ1) is 23.0. The number of esters is 1. The van der Waals surface area contributed by atoms with Gasteiger partial charge in [-0.25, -0.2) is 4.79 Å². The smallest absolute Gasteiger partial charge is 0.331 e. The first-order valence-corrected chi connectivity index (χ1v) is 10.1. The van der Waals surface area contributed by atoms with Crippen LogP contribution in [0.2, 0.25) is 0 Å². The number of ketones is 1. The van der Waals surface area contributed by atoms with Crippen molar-refractivity contribution in [1.82, 2.24) is 0 Å². The highest BCUT2D eigenvalue weighted by atomic mass is 16.6. The molecular weight excluding hydrogens is 368 g/mol. The number of rotatable bonds is 2. The van der Waals surface area contributed by atoms with Gasteiger partial charge in [0.1, 0.15) is 6.10 Å². The zero-order valence-corrected chi connectivity index (χ0v) is 17.7. The van der Waals surface area contributed by atoms with Gasteiger partial charge in [0.2, 0.25) is 0 Å². The van der Waals surface area contributed by atoms with Crippen LogP contribution in [0.25, 0.3) is 0 Å². The Kier molecular flexibility index (Phi) is 9.29. The third-order valence-corrected chi connectivity index (χ3v) is 4.80. The van der Waals surface area contributed by atoms with Gasteiger partial charge in [0, 0.05) is 26.0 Å². The Balaban J connectivity index is 2.22. The Hall–Kier alpha value is -2.24. The molecular formula is C24H32O5. The van der Waals surface area contributed by atoms with Crippen molar-refractivity contribution in [2.75, 3.05) is 13.7 Å². The average Bonchev–Trinajstić information content (AvgIpc) is 2.60. The summed E-state index contributed by atoms with van der Waals surface area (Å²) < 4.78 is 16.9. The summed E-state index contributed by atoms with van der Waals surface area (Å²) in [6.07, 6.45) is 13.0. The Labute approximate surface area is 173 Å². The van der Waals surface area contributed by atoms with Crippen molar-refractivity contribution in [2.24, 2.45) is 0 Å². The van der Waals surface area contributed by atoms with E-state index in [0.717, 1.165) is 29.6 Å². The first-order chi connectivity index (χ1) is 13.9. The maximum Gasteiger partial charge on any atom is 0.331 e. The Morgan fingerprint density at radius 3 is 2.69 bits per heavy atom. The van der Waals surface area contributed by atoms with E-state index in [1.54, 1.807) is 25.3 Å². The van der Waals surface area contributed by atoms with Crippen LogP contribution in [0.15, 0.2) is 59.8 Å². The molecule has 158 valence electrons. The fourth-order valence-electron chi connectivity index (χ4n) is 3.57. The van der Waals surface area contributed by atoms with E-state index >= 15 is 0 Å². The van der Waals surface area contributed by atoms with E-state index in [4.69, 9.17) is 14.2 Å². The van der Waals surface area contributed by atoms with E-state index in [0.29, 0.717) is 25.9 Å². The van der Waals surface area contributed by atoms with Gasteiger partial charge >= 0.3 is 5.97 Å². The maximum absolute atomic E-state index is 12.1. The van der Waals surface area contributed by atoms with Gasteiger partial charge in [-0.3, -0.25) is 4.79 Å². The number of hydrogen-bond donors (Lipinski definition) is 0. The van der Waals surface area contributed by atoms with E-state index in [9.17, 15) is 9.59 Å². The molecule has 5 nitrogen and oxygen atoms in total. The number of allylic oxidation sites excluding steroid dienone is 4. The number of cyclic esters (lactones) is 1. The summed E-state index contributed by atoms with van der Waals surface area (Å²) in [7, 11) is 1.59. The number of fused-ring (bicyclic) bond motifs is 2. The van der Waals surface area contributed by atoms with Gasteiger partial charge in [0.25, 0.3) is 0 Å². The zero-order valence-electron chi connectivity index (χ0n) is 17.7. The quantitative estimate of drug-likeness (QED) is 0.508. The number of carbonyl (C=O) groups is 2. The second kappa shape index (κ2) is 11.7. The summed E-state index contributed by atoms with van der Waals surface area (Å²) in [5.74, 6) is -0.406. The molecule has 2 aliphatic heterocycles. The Morgan fingerprint density at radius 2 is 1.93 bits per heavy atom. The standard InChI is InChI=1S/C24H32O5/c1-17-7-5-10-24(26)29-23(16-27-4)15-19(3)14-22-13-18(2)12-21(28-22)9-6-8-20(25)11-17/h5-8,10,14,21-23H,2,9,11-13,15-16H2,1,3-4H3/b8-6+,10-5+,17-7+,19-14+/t21-,22-,23?/m1/s1. The molecule has 2 aliphatic rings. The minimum Gasteiger partial charge on any atom is -0.456 e. The number of methoxy groups -OCH3 is 1. The molecule has 0 aliphatic carbocycles. The molecule has 1 unspecified atom stereocenters. The Morgan fingerprint density at radius 1 is 1.14 bits per heavy atom. The molecule has 0 spiro atoms. The predicted octanol–water partition coefficient (Wildman–Crippen LogP) is 4.41. The second-order valence-corrected chi connectivity index (χ2v) is 7.84. The lowest BCUT2D eigenvalue weighted by atomic mass is 9.95. The molecule has 5 heteroatoms. The molecule has 2 bridgehead atoms. The number of hydrogen-bond acceptors (Lipinski definition) is 5. The van der Waals surface area contributed by atoms with E-state index in [1.807, 2.05) is 19.9 Å². The van der Waals surface area contributed by atoms with Crippen LogP contribution < -0.4 is 0 Å². The first-order valence-electron chi connectivity index (χ1n) is 10.1. The van der Waals surface area contributed by atoms with Gasteiger partial charge in [0.15, 0.2) is 5.78 Å². The van der Waals surface area contributed by atoms with Crippen LogP contribution in [-0.4, -0.2) is 43.8 Å². The molecule has 2 heterocycles. The van der Waals surface area contributed by atoms with Crippen molar-refractivity contribution in [3.63, 3.8) is 0 Å². The lowest BCUT2D eigenvalue weighted by molar-refractivity contribution is -0.145. The molecule has 0 aromatic rings. The van der Waals surface area contributed by atoms with E-state index in [-0.39, 0.29) is 24.1 Å². The minimum absolute atomic E-state index is 0.0143.